The summed E-state index contributed by atoms with van der Waals surface area (Å²) in [5.41, 5.74) is 1.21. The summed E-state index contributed by atoms with van der Waals surface area (Å²) in [6.45, 7) is 9.16. The Morgan fingerprint density at radius 2 is 2.21 bits per heavy atom. The van der Waals surface area contributed by atoms with Crippen molar-refractivity contribution in [2.75, 3.05) is 13.2 Å². The predicted octanol–water partition coefficient (Wildman–Crippen LogP) is 2.38. The molecule has 14 heavy (non-hydrogen) atoms. The zero-order valence-electron chi connectivity index (χ0n) is 9.33. The van der Waals surface area contributed by atoms with E-state index in [9.17, 15) is 0 Å². The van der Waals surface area contributed by atoms with Gasteiger partial charge in [-0.1, -0.05) is 20.4 Å². The van der Waals surface area contributed by atoms with Crippen LogP contribution in [-0.4, -0.2) is 24.4 Å². The minimum atomic E-state index is 0.109. The lowest BCUT2D eigenvalue weighted by Gasteiger charge is -2.32. The number of aliphatic hydroxyl groups excluding tert-OH is 1. The second-order valence-electron chi connectivity index (χ2n) is 4.53. The van der Waals surface area contributed by atoms with E-state index in [1.165, 1.54) is 12.0 Å². The molecule has 2 heteroatoms. The van der Waals surface area contributed by atoms with E-state index in [0.717, 1.165) is 24.7 Å². The van der Waals surface area contributed by atoms with E-state index in [0.29, 0.717) is 6.61 Å². The highest BCUT2D eigenvalue weighted by molar-refractivity contribution is 5.07. The van der Waals surface area contributed by atoms with E-state index in [1.807, 2.05) is 0 Å². The van der Waals surface area contributed by atoms with Gasteiger partial charge in [0, 0.05) is 0 Å². The summed E-state index contributed by atoms with van der Waals surface area (Å²) < 4.78 is 5.52. The maximum absolute atomic E-state index is 8.67. The van der Waals surface area contributed by atoms with Crippen LogP contribution >= 0.6 is 0 Å². The molecule has 1 rings (SSSR count). The Hall–Kier alpha value is -0.340. The van der Waals surface area contributed by atoms with Crippen molar-refractivity contribution in [3.05, 3.63) is 12.2 Å². The molecule has 0 amide bonds. The third-order valence-corrected chi connectivity index (χ3v) is 3.13. The summed E-state index contributed by atoms with van der Waals surface area (Å²) in [6.07, 6.45) is 3.58. The first-order valence-corrected chi connectivity index (χ1v) is 5.55. The summed E-state index contributed by atoms with van der Waals surface area (Å²) >= 11 is 0. The van der Waals surface area contributed by atoms with Crippen molar-refractivity contribution in [1.29, 1.82) is 0 Å². The Morgan fingerprint density at radius 3 is 2.71 bits per heavy atom. The lowest BCUT2D eigenvalue weighted by molar-refractivity contribution is 0.0267. The second kappa shape index (κ2) is 5.52. The number of hydrogen-bond donors (Lipinski definition) is 1. The minimum Gasteiger partial charge on any atom is -0.394 e. The van der Waals surface area contributed by atoms with Gasteiger partial charge in [0.15, 0.2) is 0 Å². The van der Waals surface area contributed by atoms with Crippen LogP contribution in [0.5, 0.6) is 0 Å². The van der Waals surface area contributed by atoms with Crippen LogP contribution in [0.15, 0.2) is 12.2 Å². The molecule has 1 N–H and O–H groups in total. The van der Waals surface area contributed by atoms with E-state index in [4.69, 9.17) is 9.84 Å². The highest BCUT2D eigenvalue weighted by Gasteiger charge is 2.26. The third-order valence-electron chi connectivity index (χ3n) is 3.13. The normalized spacial score (nSPS) is 28.4. The van der Waals surface area contributed by atoms with Gasteiger partial charge in [0.1, 0.15) is 0 Å². The molecule has 0 radical (unpaired) electrons. The van der Waals surface area contributed by atoms with Crippen LogP contribution in [0.3, 0.4) is 0 Å². The first-order valence-electron chi connectivity index (χ1n) is 5.55. The van der Waals surface area contributed by atoms with Gasteiger partial charge in [0.25, 0.3) is 0 Å². The van der Waals surface area contributed by atoms with Crippen LogP contribution in [0.1, 0.15) is 33.1 Å². The van der Waals surface area contributed by atoms with Gasteiger partial charge < -0.3 is 9.84 Å². The van der Waals surface area contributed by atoms with Crippen molar-refractivity contribution in [3.63, 3.8) is 0 Å². The molecule has 0 aromatic rings. The van der Waals surface area contributed by atoms with Gasteiger partial charge in [-0.25, -0.2) is 0 Å². The monoisotopic (exact) mass is 198 g/mol. The molecule has 1 aliphatic rings. The Bertz CT molecular complexity index is 187. The summed E-state index contributed by atoms with van der Waals surface area (Å²) in [6, 6.07) is 0. The second-order valence-corrected chi connectivity index (χ2v) is 4.53. The fraction of sp³-hybridized carbons (Fsp3) is 0.833. The topological polar surface area (TPSA) is 29.5 Å². The quantitative estimate of drug-likeness (QED) is 0.703. The number of rotatable bonds is 4. The van der Waals surface area contributed by atoms with E-state index < -0.39 is 0 Å². The SMILES string of the molecule is C=C1CC(C(C)C)CCC1OCCO. The van der Waals surface area contributed by atoms with Crippen LogP contribution in [0.2, 0.25) is 0 Å². The molecule has 0 saturated heterocycles. The van der Waals surface area contributed by atoms with Gasteiger partial charge in [-0.2, -0.15) is 0 Å². The van der Waals surface area contributed by atoms with Crippen molar-refractivity contribution < 1.29 is 9.84 Å². The van der Waals surface area contributed by atoms with Gasteiger partial charge in [-0.05, 0) is 36.7 Å². The van der Waals surface area contributed by atoms with Gasteiger partial charge in [0.05, 0.1) is 19.3 Å². The van der Waals surface area contributed by atoms with Gasteiger partial charge in [-0.15, -0.1) is 0 Å². The molecule has 2 nitrogen and oxygen atoms in total. The first kappa shape index (κ1) is 11.7. The zero-order valence-corrected chi connectivity index (χ0v) is 9.33. The van der Waals surface area contributed by atoms with Gasteiger partial charge in [0.2, 0.25) is 0 Å². The Kier molecular flexibility index (Phi) is 4.63. The van der Waals surface area contributed by atoms with E-state index in [2.05, 4.69) is 20.4 Å². The van der Waals surface area contributed by atoms with Crippen molar-refractivity contribution in [1.82, 2.24) is 0 Å². The highest BCUT2D eigenvalue weighted by atomic mass is 16.5. The molecule has 1 fully saturated rings. The maximum atomic E-state index is 8.67. The average Bonchev–Trinajstić information content (AvgIpc) is 2.15. The van der Waals surface area contributed by atoms with Crippen molar-refractivity contribution in [2.24, 2.45) is 11.8 Å². The molecular formula is C12H22O2. The summed E-state index contributed by atoms with van der Waals surface area (Å²) in [5.74, 6) is 1.52. The average molecular weight is 198 g/mol. The fourth-order valence-corrected chi connectivity index (χ4v) is 2.11. The van der Waals surface area contributed by atoms with Crippen LogP contribution < -0.4 is 0 Å². The first-order chi connectivity index (χ1) is 6.65. The molecule has 1 saturated carbocycles. The molecule has 0 heterocycles. The highest BCUT2D eigenvalue weighted by Crippen LogP contribution is 2.33. The van der Waals surface area contributed by atoms with Gasteiger partial charge in [-0.3, -0.25) is 0 Å². The van der Waals surface area contributed by atoms with E-state index in [1.54, 1.807) is 0 Å². The van der Waals surface area contributed by atoms with E-state index >= 15 is 0 Å². The summed E-state index contributed by atoms with van der Waals surface area (Å²) in [5, 5.41) is 8.67. The summed E-state index contributed by atoms with van der Waals surface area (Å²) in [7, 11) is 0. The molecule has 0 aliphatic heterocycles. The summed E-state index contributed by atoms with van der Waals surface area (Å²) in [4.78, 5) is 0. The Morgan fingerprint density at radius 1 is 1.50 bits per heavy atom. The third kappa shape index (κ3) is 3.10. The van der Waals surface area contributed by atoms with Crippen molar-refractivity contribution in [2.45, 2.75) is 39.2 Å². The molecule has 2 atom stereocenters. The molecule has 0 aromatic carbocycles. The van der Waals surface area contributed by atoms with Gasteiger partial charge >= 0.3 is 0 Å². The number of ether oxygens (including phenoxy) is 1. The van der Waals surface area contributed by atoms with Crippen LogP contribution in [0.25, 0.3) is 0 Å². The molecule has 0 bridgehead atoms. The smallest absolute Gasteiger partial charge is 0.0783 e. The van der Waals surface area contributed by atoms with Crippen LogP contribution in [-0.2, 0) is 4.74 Å². The Labute approximate surface area is 87.0 Å². The predicted molar refractivity (Wildman–Crippen MR) is 58.1 cm³/mol. The van der Waals surface area contributed by atoms with Crippen LogP contribution in [0.4, 0.5) is 0 Å². The number of aliphatic hydroxyl groups is 1. The fourth-order valence-electron chi connectivity index (χ4n) is 2.11. The lowest BCUT2D eigenvalue weighted by Crippen LogP contribution is -2.27. The zero-order chi connectivity index (χ0) is 10.6. The lowest BCUT2D eigenvalue weighted by atomic mass is 9.78. The largest absolute Gasteiger partial charge is 0.394 e. The van der Waals surface area contributed by atoms with Crippen molar-refractivity contribution in [3.8, 4) is 0 Å². The molecule has 82 valence electrons. The van der Waals surface area contributed by atoms with Crippen molar-refractivity contribution >= 4 is 0 Å². The molecular weight excluding hydrogens is 176 g/mol. The van der Waals surface area contributed by atoms with Crippen LogP contribution in [0, 0.1) is 11.8 Å². The number of hydrogen-bond acceptors (Lipinski definition) is 2. The standard InChI is InChI=1S/C12H22O2/c1-9(2)11-4-5-12(10(3)8-11)14-7-6-13/h9,11-13H,3-8H2,1-2H3. The maximum Gasteiger partial charge on any atom is 0.0783 e. The molecule has 0 aromatic heterocycles. The van der Waals surface area contributed by atoms with E-state index in [-0.39, 0.29) is 12.7 Å². The minimum absolute atomic E-state index is 0.109. The molecule has 2 unspecified atom stereocenters. The molecule has 0 spiro atoms. The Balaban J connectivity index is 2.36. The molecule has 1 aliphatic carbocycles.